The average molecular weight is 427 g/mol. The van der Waals surface area contributed by atoms with Gasteiger partial charge in [-0.3, -0.25) is 0 Å². The Bertz CT molecular complexity index is 831. The summed E-state index contributed by atoms with van der Waals surface area (Å²) >= 11 is 0. The lowest BCUT2D eigenvalue weighted by atomic mass is 10.0. The maximum absolute atomic E-state index is 13.6. The Morgan fingerprint density at radius 3 is 2.07 bits per heavy atom. The van der Waals surface area contributed by atoms with Gasteiger partial charge in [-0.15, -0.1) is 0 Å². The highest BCUT2D eigenvalue weighted by Gasteiger charge is 2.58. The summed E-state index contributed by atoms with van der Waals surface area (Å²) in [6.07, 6.45) is -13.5. The Hall–Kier alpha value is -2.36. The van der Waals surface area contributed by atoms with Gasteiger partial charge in [-0.25, -0.2) is 0 Å². The molecule has 160 valence electrons. The SMILES string of the molecule is Cc1cccc(N(Cc2cccc(C(F)(F)C(F)(F)F)c2)CC(O)C(F)(F)F)c1. The first-order chi connectivity index (χ1) is 13.2. The molecule has 29 heavy (non-hydrogen) atoms. The van der Waals surface area contributed by atoms with Crippen molar-refractivity contribution in [1.29, 1.82) is 0 Å². The number of halogens is 8. The third-order valence-electron chi connectivity index (χ3n) is 4.16. The number of aryl methyl sites for hydroxylation is 1. The highest BCUT2D eigenvalue weighted by atomic mass is 19.4. The first-order valence-corrected chi connectivity index (χ1v) is 8.32. The monoisotopic (exact) mass is 427 g/mol. The number of hydrogen-bond acceptors (Lipinski definition) is 2. The summed E-state index contributed by atoms with van der Waals surface area (Å²) in [6, 6.07) is 9.56. The van der Waals surface area contributed by atoms with Gasteiger partial charge in [-0.1, -0.05) is 30.3 Å². The summed E-state index contributed by atoms with van der Waals surface area (Å²) in [7, 11) is 0. The number of rotatable bonds is 6. The molecule has 0 aliphatic carbocycles. The van der Waals surface area contributed by atoms with Crippen molar-refractivity contribution in [1.82, 2.24) is 0 Å². The molecule has 0 aliphatic heterocycles. The minimum Gasteiger partial charge on any atom is -0.382 e. The molecule has 2 rings (SSSR count). The van der Waals surface area contributed by atoms with E-state index >= 15 is 0 Å². The van der Waals surface area contributed by atoms with E-state index in [0.29, 0.717) is 17.7 Å². The number of benzene rings is 2. The molecule has 0 bridgehead atoms. The van der Waals surface area contributed by atoms with Gasteiger partial charge < -0.3 is 10.0 Å². The molecule has 0 spiro atoms. The number of alkyl halides is 8. The van der Waals surface area contributed by atoms with E-state index in [-0.39, 0.29) is 11.3 Å². The second-order valence-corrected chi connectivity index (χ2v) is 6.55. The van der Waals surface area contributed by atoms with E-state index in [1.54, 1.807) is 19.1 Å². The highest BCUT2D eigenvalue weighted by molar-refractivity contribution is 5.49. The van der Waals surface area contributed by atoms with Crippen LogP contribution in [-0.2, 0) is 12.5 Å². The minimum atomic E-state index is -5.81. The van der Waals surface area contributed by atoms with E-state index in [2.05, 4.69) is 0 Å². The summed E-state index contributed by atoms with van der Waals surface area (Å²) in [5.74, 6) is -5.11. The highest BCUT2D eigenvalue weighted by Crippen LogP contribution is 2.44. The van der Waals surface area contributed by atoms with Crippen LogP contribution in [0.5, 0.6) is 0 Å². The van der Waals surface area contributed by atoms with E-state index in [1.165, 1.54) is 18.2 Å². The molecule has 1 atom stereocenters. The van der Waals surface area contributed by atoms with E-state index in [1.807, 2.05) is 0 Å². The fraction of sp³-hybridized carbons (Fsp3) is 0.368. The van der Waals surface area contributed by atoms with Crippen LogP contribution in [0.1, 0.15) is 16.7 Å². The van der Waals surface area contributed by atoms with Gasteiger partial charge in [0, 0.05) is 17.8 Å². The molecule has 0 radical (unpaired) electrons. The molecular formula is C19H17F8NO. The Labute approximate surface area is 161 Å². The summed E-state index contributed by atoms with van der Waals surface area (Å²) in [5, 5.41) is 9.42. The molecule has 0 amide bonds. The van der Waals surface area contributed by atoms with Crippen LogP contribution in [0.2, 0.25) is 0 Å². The van der Waals surface area contributed by atoms with Gasteiger partial charge in [0.05, 0.1) is 6.54 Å². The van der Waals surface area contributed by atoms with E-state index in [4.69, 9.17) is 0 Å². The van der Waals surface area contributed by atoms with Gasteiger partial charge in [0.1, 0.15) is 0 Å². The summed E-state index contributed by atoms with van der Waals surface area (Å²) in [4.78, 5) is 1.07. The van der Waals surface area contributed by atoms with Crippen LogP contribution in [0.4, 0.5) is 40.8 Å². The van der Waals surface area contributed by atoms with Crippen molar-refractivity contribution in [2.24, 2.45) is 0 Å². The maximum atomic E-state index is 13.6. The predicted molar refractivity (Wildman–Crippen MR) is 90.7 cm³/mol. The fourth-order valence-electron chi connectivity index (χ4n) is 2.65. The van der Waals surface area contributed by atoms with Gasteiger partial charge in [-0.2, -0.15) is 35.1 Å². The Kier molecular flexibility index (Phi) is 6.46. The average Bonchev–Trinajstić information content (AvgIpc) is 2.59. The zero-order chi connectivity index (χ0) is 22.0. The molecule has 0 aromatic heterocycles. The summed E-state index contributed by atoms with van der Waals surface area (Å²) in [5.41, 5.74) is -0.446. The number of hydrogen-bond donors (Lipinski definition) is 1. The van der Waals surface area contributed by atoms with Crippen LogP contribution in [0.3, 0.4) is 0 Å². The van der Waals surface area contributed by atoms with Crippen molar-refractivity contribution in [3.05, 3.63) is 65.2 Å². The number of aliphatic hydroxyl groups excluding tert-OH is 1. The topological polar surface area (TPSA) is 23.5 Å². The first kappa shape index (κ1) is 22.9. The van der Waals surface area contributed by atoms with Crippen LogP contribution in [0.25, 0.3) is 0 Å². The van der Waals surface area contributed by atoms with Crippen molar-refractivity contribution >= 4 is 5.69 Å². The molecule has 2 aromatic carbocycles. The van der Waals surface area contributed by atoms with E-state index in [9.17, 15) is 40.2 Å². The number of anilines is 1. The Balaban J connectivity index is 2.38. The number of nitrogens with zero attached hydrogens (tertiary/aromatic N) is 1. The van der Waals surface area contributed by atoms with Crippen LogP contribution in [0, 0.1) is 6.92 Å². The second-order valence-electron chi connectivity index (χ2n) is 6.55. The molecule has 0 fully saturated rings. The zero-order valence-electron chi connectivity index (χ0n) is 15.0. The molecule has 2 aromatic rings. The first-order valence-electron chi connectivity index (χ1n) is 8.32. The summed E-state index contributed by atoms with van der Waals surface area (Å²) < 4.78 is 103. The van der Waals surface area contributed by atoms with Gasteiger partial charge in [0.2, 0.25) is 0 Å². The Morgan fingerprint density at radius 1 is 0.897 bits per heavy atom. The summed E-state index contributed by atoms with van der Waals surface area (Å²) in [6.45, 7) is 0.331. The molecule has 0 heterocycles. The van der Waals surface area contributed by atoms with Crippen molar-refractivity contribution in [2.45, 2.75) is 37.8 Å². The lowest BCUT2D eigenvalue weighted by Crippen LogP contribution is -2.41. The molecular weight excluding hydrogens is 410 g/mol. The molecule has 0 saturated carbocycles. The quantitative estimate of drug-likeness (QED) is 0.609. The van der Waals surface area contributed by atoms with Crippen molar-refractivity contribution in [2.75, 3.05) is 11.4 Å². The van der Waals surface area contributed by atoms with Crippen molar-refractivity contribution in [3.63, 3.8) is 0 Å². The van der Waals surface area contributed by atoms with Gasteiger partial charge >= 0.3 is 18.3 Å². The lowest BCUT2D eigenvalue weighted by Gasteiger charge is -2.29. The third kappa shape index (κ3) is 5.59. The normalized spacial score (nSPS) is 14.0. The smallest absolute Gasteiger partial charge is 0.382 e. The van der Waals surface area contributed by atoms with Crippen LogP contribution in [0.15, 0.2) is 48.5 Å². The molecule has 1 unspecified atom stereocenters. The molecule has 10 heteroatoms. The van der Waals surface area contributed by atoms with Crippen molar-refractivity contribution < 1.29 is 40.2 Å². The van der Waals surface area contributed by atoms with Gasteiger partial charge in [0.25, 0.3) is 0 Å². The Morgan fingerprint density at radius 2 is 1.52 bits per heavy atom. The van der Waals surface area contributed by atoms with E-state index < -0.39 is 43.0 Å². The second kappa shape index (κ2) is 8.17. The van der Waals surface area contributed by atoms with Crippen molar-refractivity contribution in [3.8, 4) is 0 Å². The molecule has 2 nitrogen and oxygen atoms in total. The van der Waals surface area contributed by atoms with E-state index in [0.717, 1.165) is 11.0 Å². The fourth-order valence-corrected chi connectivity index (χ4v) is 2.65. The largest absolute Gasteiger partial charge is 0.458 e. The molecule has 1 N–H and O–H groups in total. The maximum Gasteiger partial charge on any atom is 0.458 e. The number of aliphatic hydroxyl groups is 1. The third-order valence-corrected chi connectivity index (χ3v) is 4.16. The molecule has 0 saturated heterocycles. The van der Waals surface area contributed by atoms with Crippen LogP contribution in [-0.4, -0.2) is 30.1 Å². The lowest BCUT2D eigenvalue weighted by molar-refractivity contribution is -0.289. The van der Waals surface area contributed by atoms with Gasteiger partial charge in [0.15, 0.2) is 6.10 Å². The van der Waals surface area contributed by atoms with Gasteiger partial charge in [-0.05, 0) is 36.2 Å². The molecule has 0 aliphatic rings. The zero-order valence-corrected chi connectivity index (χ0v) is 15.0. The van der Waals surface area contributed by atoms with Crippen LogP contribution < -0.4 is 4.90 Å². The minimum absolute atomic E-state index is 0.0673. The standard InChI is InChI=1S/C19H17F8NO/c1-12-4-2-7-15(8-12)28(11-16(29)18(22,23)24)10-13-5-3-6-14(9-13)17(20,21)19(25,26)27/h2-9,16,29H,10-11H2,1H3. The van der Waals surface area contributed by atoms with Crippen LogP contribution >= 0.6 is 0 Å². The predicted octanol–water partition coefficient (Wildman–Crippen LogP) is 5.58.